The van der Waals surface area contributed by atoms with E-state index in [2.05, 4.69) is 28.4 Å². The number of anilines is 1. The lowest BCUT2D eigenvalue weighted by Gasteiger charge is -2.18. The molecule has 0 spiro atoms. The van der Waals surface area contributed by atoms with Gasteiger partial charge in [0.2, 0.25) is 0 Å². The summed E-state index contributed by atoms with van der Waals surface area (Å²) in [4.78, 5) is 23.8. The number of rotatable bonds is 6. The topological polar surface area (TPSA) is 103 Å². The van der Waals surface area contributed by atoms with E-state index in [0.717, 1.165) is 42.2 Å². The van der Waals surface area contributed by atoms with Gasteiger partial charge in [0.15, 0.2) is 0 Å². The zero-order chi connectivity index (χ0) is 27.7. The van der Waals surface area contributed by atoms with Crippen LogP contribution in [0.5, 0.6) is 5.75 Å². The molecule has 38 heavy (non-hydrogen) atoms. The quantitative estimate of drug-likeness (QED) is 0.427. The summed E-state index contributed by atoms with van der Waals surface area (Å²) in [5.41, 5.74) is 5.18. The highest BCUT2D eigenvalue weighted by Crippen LogP contribution is 2.29. The molecule has 0 saturated carbocycles. The summed E-state index contributed by atoms with van der Waals surface area (Å²) in [5, 5.41) is 18.9. The minimum atomic E-state index is -5.08. The van der Waals surface area contributed by atoms with Crippen molar-refractivity contribution in [1.29, 1.82) is 5.26 Å². The van der Waals surface area contributed by atoms with E-state index in [4.69, 9.17) is 19.9 Å². The molecule has 0 atom stereocenters. The Kier molecular flexibility index (Phi) is 9.46. The largest absolute Gasteiger partial charge is 0.496 e. The second kappa shape index (κ2) is 12.7. The van der Waals surface area contributed by atoms with E-state index in [1.54, 1.807) is 31.4 Å². The minimum Gasteiger partial charge on any atom is -0.496 e. The minimum absolute atomic E-state index is 0.199. The molecule has 4 rings (SSSR count). The van der Waals surface area contributed by atoms with Gasteiger partial charge in [-0.05, 0) is 85.6 Å². The van der Waals surface area contributed by atoms with Gasteiger partial charge >= 0.3 is 12.1 Å². The molecule has 1 saturated heterocycles. The average molecular weight is 526 g/mol. The average Bonchev–Trinajstić information content (AvgIpc) is 3.42. The Balaban J connectivity index is 0.000000505. The molecule has 3 aromatic rings. The first-order valence-electron chi connectivity index (χ1n) is 11.7. The molecular weight excluding hydrogens is 499 g/mol. The number of hydrogen-bond acceptors (Lipinski definition) is 5. The summed E-state index contributed by atoms with van der Waals surface area (Å²) in [6, 6.07) is 22.8. The number of benzene rings is 3. The Bertz CT molecular complexity index is 1290. The van der Waals surface area contributed by atoms with E-state index in [1.807, 2.05) is 30.3 Å². The molecule has 0 radical (unpaired) electrons. The van der Waals surface area contributed by atoms with Crippen molar-refractivity contribution in [2.45, 2.75) is 25.6 Å². The van der Waals surface area contributed by atoms with Crippen LogP contribution in [0.25, 0.3) is 11.1 Å². The fraction of sp³-hybridized carbons (Fsp3) is 0.250. The molecule has 198 valence electrons. The number of amides is 1. The number of halogens is 3. The van der Waals surface area contributed by atoms with Crippen molar-refractivity contribution in [3.63, 3.8) is 0 Å². The van der Waals surface area contributed by atoms with Crippen LogP contribution in [-0.4, -0.2) is 48.3 Å². The molecule has 0 bridgehead atoms. The lowest BCUT2D eigenvalue weighted by atomic mass is 10.0. The third-order valence-corrected chi connectivity index (χ3v) is 5.87. The zero-order valence-electron chi connectivity index (χ0n) is 20.6. The Morgan fingerprint density at radius 1 is 1.00 bits per heavy atom. The van der Waals surface area contributed by atoms with Crippen molar-refractivity contribution in [3.05, 3.63) is 83.4 Å². The fourth-order valence-electron chi connectivity index (χ4n) is 3.91. The summed E-state index contributed by atoms with van der Waals surface area (Å²) >= 11 is 0. The van der Waals surface area contributed by atoms with Gasteiger partial charge < -0.3 is 15.2 Å². The van der Waals surface area contributed by atoms with Crippen molar-refractivity contribution in [3.8, 4) is 22.9 Å². The van der Waals surface area contributed by atoms with Crippen LogP contribution in [0.1, 0.15) is 34.3 Å². The second-order valence-electron chi connectivity index (χ2n) is 8.53. The number of carboxylic acids is 1. The Morgan fingerprint density at radius 3 is 2.11 bits per heavy atom. The summed E-state index contributed by atoms with van der Waals surface area (Å²) in [7, 11) is 1.72. The molecule has 0 unspecified atom stereocenters. The Labute approximate surface area is 218 Å². The van der Waals surface area contributed by atoms with Gasteiger partial charge in [0.25, 0.3) is 5.91 Å². The summed E-state index contributed by atoms with van der Waals surface area (Å²) in [6.07, 6.45) is -2.56. The number of nitriles is 1. The molecule has 1 heterocycles. The normalized spacial score (nSPS) is 13.1. The van der Waals surface area contributed by atoms with Gasteiger partial charge in [-0.3, -0.25) is 9.69 Å². The maximum absolute atomic E-state index is 12.4. The number of alkyl halides is 3. The number of aliphatic carboxylic acids is 1. The highest BCUT2D eigenvalue weighted by atomic mass is 19.4. The van der Waals surface area contributed by atoms with Crippen LogP contribution < -0.4 is 10.1 Å². The molecule has 10 heteroatoms. The maximum Gasteiger partial charge on any atom is 0.490 e. The summed E-state index contributed by atoms with van der Waals surface area (Å²) < 4.78 is 37.3. The molecule has 3 aromatic carbocycles. The van der Waals surface area contributed by atoms with Crippen LogP contribution in [0.2, 0.25) is 0 Å². The van der Waals surface area contributed by atoms with Gasteiger partial charge in [0, 0.05) is 23.4 Å². The number of ether oxygens (including phenoxy) is 1. The van der Waals surface area contributed by atoms with Gasteiger partial charge in [-0.25, -0.2) is 4.79 Å². The predicted octanol–water partition coefficient (Wildman–Crippen LogP) is 5.72. The lowest BCUT2D eigenvalue weighted by molar-refractivity contribution is -0.192. The molecule has 1 aliphatic heterocycles. The van der Waals surface area contributed by atoms with Gasteiger partial charge in [-0.2, -0.15) is 18.4 Å². The Morgan fingerprint density at radius 2 is 1.58 bits per heavy atom. The molecule has 0 aliphatic carbocycles. The SMILES string of the molecule is COc1ccc(-c2ccc(NC(=O)c3ccc(C#N)cc3)cc2)cc1CN1CCCC1.O=C(O)C(F)(F)F. The number of nitrogens with one attached hydrogen (secondary N) is 1. The standard InChI is InChI=1S/C26H25N3O2.C2HF3O2/c1-31-25-13-10-22(16-23(25)18-29-14-2-3-15-29)20-8-11-24(12-9-20)28-26(30)21-6-4-19(17-27)5-7-21;3-2(4,5)1(6)7/h4-13,16H,2-3,14-15,18H2,1H3,(H,28,30);(H,6,7). The van der Waals surface area contributed by atoms with E-state index in [9.17, 15) is 18.0 Å². The second-order valence-corrected chi connectivity index (χ2v) is 8.53. The van der Waals surface area contributed by atoms with Gasteiger partial charge in [-0.15, -0.1) is 0 Å². The van der Waals surface area contributed by atoms with E-state index < -0.39 is 12.1 Å². The smallest absolute Gasteiger partial charge is 0.490 e. The number of carbonyl (C=O) groups excluding carboxylic acids is 1. The number of carboxylic acid groups (broad SMARTS) is 1. The van der Waals surface area contributed by atoms with Crippen LogP contribution in [0.3, 0.4) is 0 Å². The monoisotopic (exact) mass is 525 g/mol. The molecule has 7 nitrogen and oxygen atoms in total. The van der Waals surface area contributed by atoms with E-state index in [-0.39, 0.29) is 5.91 Å². The van der Waals surface area contributed by atoms with E-state index in [0.29, 0.717) is 11.1 Å². The molecule has 1 aliphatic rings. The van der Waals surface area contributed by atoms with Gasteiger partial charge in [0.05, 0.1) is 18.7 Å². The number of hydrogen-bond donors (Lipinski definition) is 2. The van der Waals surface area contributed by atoms with E-state index >= 15 is 0 Å². The Hall–Kier alpha value is -4.36. The molecular formula is C28H26F3N3O4. The number of nitrogens with zero attached hydrogens (tertiary/aromatic N) is 2. The van der Waals surface area contributed by atoms with Crippen LogP contribution in [-0.2, 0) is 11.3 Å². The first-order chi connectivity index (χ1) is 18.1. The van der Waals surface area contributed by atoms with Gasteiger partial charge in [0.1, 0.15) is 5.75 Å². The van der Waals surface area contributed by atoms with Crippen molar-refractivity contribution in [1.82, 2.24) is 4.90 Å². The molecule has 1 fully saturated rings. The fourth-order valence-corrected chi connectivity index (χ4v) is 3.91. The third kappa shape index (κ3) is 7.82. The number of methoxy groups -OCH3 is 1. The zero-order valence-corrected chi connectivity index (χ0v) is 20.6. The predicted molar refractivity (Wildman–Crippen MR) is 136 cm³/mol. The highest BCUT2D eigenvalue weighted by molar-refractivity contribution is 6.04. The summed E-state index contributed by atoms with van der Waals surface area (Å²) in [6.45, 7) is 3.18. The van der Waals surface area contributed by atoms with Crippen molar-refractivity contribution in [2.75, 3.05) is 25.5 Å². The molecule has 0 aromatic heterocycles. The van der Waals surface area contributed by atoms with E-state index in [1.165, 1.54) is 18.4 Å². The van der Waals surface area contributed by atoms with Crippen molar-refractivity contribution >= 4 is 17.6 Å². The maximum atomic E-state index is 12.4. The van der Waals surface area contributed by atoms with Crippen LogP contribution in [0.15, 0.2) is 66.7 Å². The van der Waals surface area contributed by atoms with Crippen LogP contribution in [0, 0.1) is 11.3 Å². The van der Waals surface area contributed by atoms with Crippen LogP contribution in [0.4, 0.5) is 18.9 Å². The van der Waals surface area contributed by atoms with Crippen molar-refractivity contribution in [2.24, 2.45) is 0 Å². The first kappa shape index (κ1) is 28.2. The van der Waals surface area contributed by atoms with Gasteiger partial charge in [-0.1, -0.05) is 18.2 Å². The van der Waals surface area contributed by atoms with Crippen LogP contribution >= 0.6 is 0 Å². The molecule has 2 N–H and O–H groups in total. The first-order valence-corrected chi connectivity index (χ1v) is 11.7. The third-order valence-electron chi connectivity index (χ3n) is 5.87. The summed E-state index contributed by atoms with van der Waals surface area (Å²) in [5.74, 6) is -2.04. The lowest BCUT2D eigenvalue weighted by Crippen LogP contribution is -2.21. The van der Waals surface area contributed by atoms with Crippen molar-refractivity contribution < 1.29 is 32.6 Å². The highest BCUT2D eigenvalue weighted by Gasteiger charge is 2.38. The number of likely N-dealkylation sites (tertiary alicyclic amines) is 1. The number of carbonyl (C=O) groups is 2. The molecule has 1 amide bonds.